The smallest absolute Gasteiger partial charge is 0.326 e. The SMILES string of the molecule is O=c1[nH]c2ccccc2n1CCCN1CCC(O)(c2ccc(F)cc2)CC1. The summed E-state index contributed by atoms with van der Waals surface area (Å²) in [7, 11) is 0. The van der Waals surface area contributed by atoms with Crippen LogP contribution < -0.4 is 5.69 Å². The van der Waals surface area contributed by atoms with Crippen molar-refractivity contribution in [1.29, 1.82) is 0 Å². The molecule has 1 aliphatic rings. The number of benzene rings is 2. The van der Waals surface area contributed by atoms with Crippen LogP contribution in [0.5, 0.6) is 0 Å². The standard InChI is InChI=1S/C21H24FN3O2/c22-17-8-6-16(7-9-17)21(27)10-14-24(15-11-21)12-3-13-25-19-5-2-1-4-18(19)23-20(25)26/h1-2,4-9,27H,3,10-15H2,(H,23,26). The largest absolute Gasteiger partial charge is 0.385 e. The second kappa shape index (κ2) is 7.29. The topological polar surface area (TPSA) is 61.3 Å². The molecule has 0 saturated carbocycles. The van der Waals surface area contributed by atoms with Crippen LogP contribution in [0.1, 0.15) is 24.8 Å². The Balaban J connectivity index is 1.32. The third-order valence-corrected chi connectivity index (χ3v) is 5.60. The molecule has 3 aromatic rings. The van der Waals surface area contributed by atoms with Crippen LogP contribution >= 0.6 is 0 Å². The van der Waals surface area contributed by atoms with Gasteiger partial charge in [-0.25, -0.2) is 9.18 Å². The van der Waals surface area contributed by atoms with Crippen molar-refractivity contribution in [2.45, 2.75) is 31.4 Å². The summed E-state index contributed by atoms with van der Waals surface area (Å²) in [6, 6.07) is 13.9. The monoisotopic (exact) mass is 369 g/mol. The van der Waals surface area contributed by atoms with Gasteiger partial charge in [0.25, 0.3) is 0 Å². The lowest BCUT2D eigenvalue weighted by molar-refractivity contribution is -0.0262. The number of likely N-dealkylation sites (tertiary alicyclic amines) is 1. The number of rotatable bonds is 5. The van der Waals surface area contributed by atoms with E-state index in [4.69, 9.17) is 0 Å². The number of H-pyrrole nitrogens is 1. The van der Waals surface area contributed by atoms with E-state index in [1.54, 1.807) is 16.7 Å². The Morgan fingerprint density at radius 2 is 1.74 bits per heavy atom. The van der Waals surface area contributed by atoms with Gasteiger partial charge in [0.15, 0.2) is 0 Å². The van der Waals surface area contributed by atoms with Gasteiger partial charge in [-0.05, 0) is 55.6 Å². The fourth-order valence-electron chi connectivity index (χ4n) is 3.98. The van der Waals surface area contributed by atoms with Crippen molar-refractivity contribution in [3.05, 3.63) is 70.4 Å². The van der Waals surface area contributed by atoms with Crippen LogP contribution in [0.3, 0.4) is 0 Å². The molecule has 1 saturated heterocycles. The number of aromatic amines is 1. The van der Waals surface area contributed by atoms with E-state index in [2.05, 4.69) is 9.88 Å². The number of fused-ring (bicyclic) bond motifs is 1. The molecule has 1 aromatic heterocycles. The average Bonchev–Trinajstić information content (AvgIpc) is 2.99. The van der Waals surface area contributed by atoms with Gasteiger partial charge in [-0.15, -0.1) is 0 Å². The zero-order chi connectivity index (χ0) is 18.9. The van der Waals surface area contributed by atoms with E-state index in [1.165, 1.54) is 12.1 Å². The average molecular weight is 369 g/mol. The summed E-state index contributed by atoms with van der Waals surface area (Å²) >= 11 is 0. The predicted octanol–water partition coefficient (Wildman–Crippen LogP) is 2.84. The number of piperidine rings is 1. The van der Waals surface area contributed by atoms with Crippen LogP contribution in [0, 0.1) is 5.82 Å². The predicted molar refractivity (Wildman–Crippen MR) is 103 cm³/mol. The van der Waals surface area contributed by atoms with Crippen LogP contribution in [0.4, 0.5) is 4.39 Å². The zero-order valence-corrected chi connectivity index (χ0v) is 15.2. The van der Waals surface area contributed by atoms with E-state index in [1.807, 2.05) is 24.3 Å². The van der Waals surface area contributed by atoms with E-state index >= 15 is 0 Å². The number of nitrogens with one attached hydrogen (secondary N) is 1. The molecule has 0 amide bonds. The summed E-state index contributed by atoms with van der Waals surface area (Å²) in [5.41, 5.74) is 1.64. The first kappa shape index (κ1) is 17.9. The van der Waals surface area contributed by atoms with Crippen LogP contribution in [-0.4, -0.2) is 39.2 Å². The molecule has 0 spiro atoms. The molecule has 1 aliphatic heterocycles. The third kappa shape index (κ3) is 3.68. The summed E-state index contributed by atoms with van der Waals surface area (Å²) in [4.78, 5) is 17.3. The van der Waals surface area contributed by atoms with Gasteiger partial charge in [0.05, 0.1) is 16.6 Å². The quantitative estimate of drug-likeness (QED) is 0.727. The lowest BCUT2D eigenvalue weighted by Gasteiger charge is -2.38. The molecule has 2 N–H and O–H groups in total. The van der Waals surface area contributed by atoms with Crippen LogP contribution in [0.15, 0.2) is 53.3 Å². The van der Waals surface area contributed by atoms with Crippen molar-refractivity contribution in [2.24, 2.45) is 0 Å². The second-order valence-corrected chi connectivity index (χ2v) is 7.33. The summed E-state index contributed by atoms with van der Waals surface area (Å²) in [6.45, 7) is 3.13. The van der Waals surface area contributed by atoms with Gasteiger partial charge < -0.3 is 15.0 Å². The van der Waals surface area contributed by atoms with Gasteiger partial charge in [-0.2, -0.15) is 0 Å². The zero-order valence-electron chi connectivity index (χ0n) is 15.2. The van der Waals surface area contributed by atoms with Crippen molar-refractivity contribution in [3.63, 3.8) is 0 Å². The Hall–Kier alpha value is -2.44. The van der Waals surface area contributed by atoms with Gasteiger partial charge in [-0.1, -0.05) is 24.3 Å². The molecule has 142 valence electrons. The van der Waals surface area contributed by atoms with Gasteiger partial charge in [-0.3, -0.25) is 4.57 Å². The molecule has 2 heterocycles. The first-order chi connectivity index (χ1) is 13.0. The summed E-state index contributed by atoms with van der Waals surface area (Å²) in [5, 5.41) is 10.9. The number of aryl methyl sites for hydroxylation is 1. The number of para-hydroxylation sites is 2. The second-order valence-electron chi connectivity index (χ2n) is 7.33. The van der Waals surface area contributed by atoms with Gasteiger partial charge in [0, 0.05) is 19.6 Å². The van der Waals surface area contributed by atoms with E-state index in [0.717, 1.165) is 42.7 Å². The van der Waals surface area contributed by atoms with E-state index < -0.39 is 5.60 Å². The summed E-state index contributed by atoms with van der Waals surface area (Å²) < 4.78 is 14.9. The molecule has 0 atom stereocenters. The lowest BCUT2D eigenvalue weighted by Crippen LogP contribution is -2.43. The molecule has 27 heavy (non-hydrogen) atoms. The first-order valence-electron chi connectivity index (χ1n) is 9.43. The fraction of sp³-hybridized carbons (Fsp3) is 0.381. The van der Waals surface area contributed by atoms with Crippen LogP contribution in [0.25, 0.3) is 11.0 Å². The Labute approximate surface area is 157 Å². The third-order valence-electron chi connectivity index (χ3n) is 5.60. The highest BCUT2D eigenvalue weighted by Crippen LogP contribution is 2.32. The number of halogens is 1. The number of hydrogen-bond donors (Lipinski definition) is 2. The van der Waals surface area contributed by atoms with E-state index in [0.29, 0.717) is 19.4 Å². The highest BCUT2D eigenvalue weighted by molar-refractivity contribution is 5.74. The van der Waals surface area contributed by atoms with Crippen molar-refractivity contribution < 1.29 is 9.50 Å². The summed E-state index contributed by atoms with van der Waals surface area (Å²) in [5.74, 6) is -0.285. The highest BCUT2D eigenvalue weighted by Gasteiger charge is 2.33. The minimum absolute atomic E-state index is 0.0690. The molecule has 4 rings (SSSR count). The van der Waals surface area contributed by atoms with Gasteiger partial charge in [0.1, 0.15) is 5.82 Å². The molecule has 0 unspecified atom stereocenters. The molecule has 0 radical (unpaired) electrons. The molecule has 0 bridgehead atoms. The number of aliphatic hydroxyl groups is 1. The molecular formula is C21H24FN3O2. The molecule has 6 heteroatoms. The Morgan fingerprint density at radius 3 is 2.48 bits per heavy atom. The first-order valence-corrected chi connectivity index (χ1v) is 9.43. The van der Waals surface area contributed by atoms with Crippen molar-refractivity contribution in [2.75, 3.05) is 19.6 Å². The number of imidazole rings is 1. The van der Waals surface area contributed by atoms with Gasteiger partial charge in [0.2, 0.25) is 0 Å². The molecule has 2 aromatic carbocycles. The molecule has 1 fully saturated rings. The Bertz CT molecular complexity index is 969. The summed E-state index contributed by atoms with van der Waals surface area (Å²) in [6.07, 6.45) is 2.13. The number of nitrogens with zero attached hydrogens (tertiary/aromatic N) is 2. The normalized spacial score (nSPS) is 17.4. The molecule has 5 nitrogen and oxygen atoms in total. The Kier molecular flexibility index (Phi) is 4.85. The fourth-order valence-corrected chi connectivity index (χ4v) is 3.98. The van der Waals surface area contributed by atoms with E-state index in [-0.39, 0.29) is 11.5 Å². The number of hydrogen-bond acceptors (Lipinski definition) is 3. The van der Waals surface area contributed by atoms with Crippen molar-refractivity contribution >= 4 is 11.0 Å². The minimum atomic E-state index is -0.877. The number of aromatic nitrogens is 2. The molecule has 0 aliphatic carbocycles. The molecular weight excluding hydrogens is 345 g/mol. The Morgan fingerprint density at radius 1 is 1.04 bits per heavy atom. The lowest BCUT2D eigenvalue weighted by atomic mass is 9.84. The van der Waals surface area contributed by atoms with Crippen LogP contribution in [0.2, 0.25) is 0 Å². The van der Waals surface area contributed by atoms with Crippen molar-refractivity contribution in [3.8, 4) is 0 Å². The maximum absolute atomic E-state index is 13.1. The highest BCUT2D eigenvalue weighted by atomic mass is 19.1. The van der Waals surface area contributed by atoms with E-state index in [9.17, 15) is 14.3 Å². The van der Waals surface area contributed by atoms with Gasteiger partial charge >= 0.3 is 5.69 Å². The minimum Gasteiger partial charge on any atom is -0.385 e. The maximum atomic E-state index is 13.1. The van der Waals surface area contributed by atoms with Crippen molar-refractivity contribution in [1.82, 2.24) is 14.5 Å². The van der Waals surface area contributed by atoms with Crippen LogP contribution in [-0.2, 0) is 12.1 Å². The maximum Gasteiger partial charge on any atom is 0.326 e.